The maximum Gasteiger partial charge on any atom is 0.371 e. The number of hydrogen-bond donors (Lipinski definition) is 1. The van der Waals surface area contributed by atoms with E-state index in [4.69, 9.17) is 24.1 Å². The summed E-state index contributed by atoms with van der Waals surface area (Å²) in [7, 11) is 0. The molecule has 2 aromatic rings. The number of nitrogens with zero attached hydrogens (tertiary/aromatic N) is 2. The zero-order valence-corrected chi connectivity index (χ0v) is 14.2. The van der Waals surface area contributed by atoms with Gasteiger partial charge in [-0.15, -0.1) is 0 Å². The topological polar surface area (TPSA) is 84.5 Å². The highest BCUT2D eigenvalue weighted by Crippen LogP contribution is 2.38. The summed E-state index contributed by atoms with van der Waals surface area (Å²) in [4.78, 5) is 11.2. The first-order chi connectivity index (χ1) is 13.2. The lowest BCUT2D eigenvalue weighted by molar-refractivity contribution is 0.0662. The summed E-state index contributed by atoms with van der Waals surface area (Å²) < 4.78 is 16.6. The van der Waals surface area contributed by atoms with Crippen molar-refractivity contribution in [1.29, 1.82) is 0 Å². The van der Waals surface area contributed by atoms with Crippen LogP contribution < -0.4 is 0 Å². The van der Waals surface area contributed by atoms with Crippen molar-refractivity contribution >= 4 is 11.7 Å². The molecule has 1 fully saturated rings. The number of benzene rings is 1. The van der Waals surface area contributed by atoms with E-state index in [-0.39, 0.29) is 24.5 Å². The molecule has 3 heterocycles. The minimum Gasteiger partial charge on any atom is -0.475 e. The molecule has 1 aliphatic carbocycles. The van der Waals surface area contributed by atoms with E-state index < -0.39 is 5.97 Å². The molecule has 2 atom stereocenters. The van der Waals surface area contributed by atoms with Gasteiger partial charge in [-0.05, 0) is 29.8 Å². The lowest BCUT2D eigenvalue weighted by Gasteiger charge is -2.26. The molecule has 27 heavy (non-hydrogen) atoms. The van der Waals surface area contributed by atoms with E-state index >= 15 is 0 Å². The van der Waals surface area contributed by atoms with Gasteiger partial charge in [0.2, 0.25) is 12.6 Å². The van der Waals surface area contributed by atoms with E-state index in [1.165, 1.54) is 6.07 Å². The molecule has 136 valence electrons. The molecule has 3 aliphatic rings. The number of carboxylic acids is 1. The Morgan fingerprint density at radius 2 is 1.89 bits per heavy atom. The number of furan rings is 1. The molecule has 0 spiro atoms. The number of hydrogen-bond acceptors (Lipinski definition) is 6. The SMILES string of the molecule is O=C(O)c1ccc(C2=NN(Cc3ccccc3)C3C=C4OCOC4=CC23)o1. The fraction of sp³-hybridized carbons (Fsp3) is 0.200. The van der Waals surface area contributed by atoms with Gasteiger partial charge in [0.25, 0.3) is 0 Å². The van der Waals surface area contributed by atoms with Gasteiger partial charge in [-0.1, -0.05) is 30.3 Å². The van der Waals surface area contributed by atoms with Gasteiger partial charge in [0.1, 0.15) is 5.71 Å². The second-order valence-corrected chi connectivity index (χ2v) is 6.52. The van der Waals surface area contributed by atoms with Gasteiger partial charge in [-0.25, -0.2) is 4.79 Å². The fourth-order valence-corrected chi connectivity index (χ4v) is 3.58. The molecular weight excluding hydrogens is 348 g/mol. The molecule has 5 rings (SSSR count). The first-order valence-electron chi connectivity index (χ1n) is 8.61. The van der Waals surface area contributed by atoms with Crippen molar-refractivity contribution in [3.8, 4) is 0 Å². The first kappa shape index (κ1) is 15.7. The number of carbonyl (C=O) groups is 1. The lowest BCUT2D eigenvalue weighted by atomic mass is 9.89. The molecule has 7 heteroatoms. The lowest BCUT2D eigenvalue weighted by Crippen LogP contribution is -2.33. The van der Waals surface area contributed by atoms with Gasteiger partial charge in [0, 0.05) is 0 Å². The molecule has 0 bridgehead atoms. The quantitative estimate of drug-likeness (QED) is 0.898. The van der Waals surface area contributed by atoms with Gasteiger partial charge in [-0.3, -0.25) is 5.01 Å². The van der Waals surface area contributed by atoms with Crippen LogP contribution in [0.15, 0.2) is 75.7 Å². The summed E-state index contributed by atoms with van der Waals surface area (Å²) in [6.45, 7) is 0.817. The normalized spacial score (nSPS) is 22.8. The molecule has 0 amide bonds. The van der Waals surface area contributed by atoms with E-state index in [1.807, 2.05) is 47.5 Å². The highest BCUT2D eigenvalue weighted by atomic mass is 16.7. The van der Waals surface area contributed by atoms with E-state index in [0.29, 0.717) is 23.8 Å². The number of carboxylic acid groups (broad SMARTS) is 1. The van der Waals surface area contributed by atoms with E-state index in [1.54, 1.807) is 6.07 Å². The number of fused-ring (bicyclic) bond motifs is 2. The van der Waals surface area contributed by atoms with Crippen molar-refractivity contribution < 1.29 is 23.8 Å². The monoisotopic (exact) mass is 364 g/mol. The molecule has 1 aromatic carbocycles. The average Bonchev–Trinajstić information content (AvgIpc) is 3.39. The molecule has 1 aromatic heterocycles. The number of ether oxygens (including phenoxy) is 2. The van der Waals surface area contributed by atoms with E-state index in [9.17, 15) is 4.79 Å². The van der Waals surface area contributed by atoms with Crippen LogP contribution in [0, 0.1) is 5.92 Å². The minimum atomic E-state index is -1.10. The molecule has 0 radical (unpaired) electrons. The second-order valence-electron chi connectivity index (χ2n) is 6.52. The molecule has 2 unspecified atom stereocenters. The summed E-state index contributed by atoms with van der Waals surface area (Å²) in [5, 5.41) is 15.9. The average molecular weight is 364 g/mol. The highest BCUT2D eigenvalue weighted by molar-refractivity contribution is 6.03. The van der Waals surface area contributed by atoms with Crippen LogP contribution in [0.25, 0.3) is 0 Å². The molecule has 1 saturated heterocycles. The van der Waals surface area contributed by atoms with E-state index in [0.717, 1.165) is 11.3 Å². The standard InChI is InChI=1S/C20H16N2O5/c23-20(24)16-7-6-15(27-16)19-13-8-17-18(26-11-25-17)9-14(13)22(21-19)10-12-4-2-1-3-5-12/h1-9,13-14H,10-11H2,(H,23,24). The van der Waals surface area contributed by atoms with Crippen LogP contribution in [0.4, 0.5) is 0 Å². The van der Waals surface area contributed by atoms with Crippen molar-refractivity contribution in [2.45, 2.75) is 12.6 Å². The summed E-state index contributed by atoms with van der Waals surface area (Å²) in [5.74, 6) is 0.541. The van der Waals surface area contributed by atoms with Crippen LogP contribution in [0.2, 0.25) is 0 Å². The zero-order valence-electron chi connectivity index (χ0n) is 14.2. The summed E-state index contributed by atoms with van der Waals surface area (Å²) in [6, 6.07) is 13.1. The Kier molecular flexibility index (Phi) is 3.53. The van der Waals surface area contributed by atoms with Crippen LogP contribution in [-0.2, 0) is 16.0 Å². The number of hydrazone groups is 1. The third-order valence-electron chi connectivity index (χ3n) is 4.85. The molecule has 1 N–H and O–H groups in total. The van der Waals surface area contributed by atoms with Gasteiger partial charge in [0.15, 0.2) is 17.3 Å². The van der Waals surface area contributed by atoms with Crippen LogP contribution >= 0.6 is 0 Å². The largest absolute Gasteiger partial charge is 0.475 e. The summed E-state index contributed by atoms with van der Waals surface area (Å²) >= 11 is 0. The third kappa shape index (κ3) is 2.68. The van der Waals surface area contributed by atoms with Crippen molar-refractivity contribution in [3.05, 3.63) is 83.2 Å². The number of rotatable bonds is 4. The van der Waals surface area contributed by atoms with Crippen LogP contribution in [0.3, 0.4) is 0 Å². The Balaban J connectivity index is 1.53. The predicted molar refractivity (Wildman–Crippen MR) is 94.7 cm³/mol. The number of aromatic carboxylic acids is 1. The molecule has 0 saturated carbocycles. The Bertz CT molecular complexity index is 989. The van der Waals surface area contributed by atoms with Crippen molar-refractivity contribution in [3.63, 3.8) is 0 Å². The van der Waals surface area contributed by atoms with Crippen LogP contribution in [0.1, 0.15) is 21.9 Å². The minimum absolute atomic E-state index is 0.0564. The maximum absolute atomic E-state index is 11.2. The van der Waals surface area contributed by atoms with Crippen LogP contribution in [0.5, 0.6) is 0 Å². The maximum atomic E-state index is 11.2. The van der Waals surface area contributed by atoms with Gasteiger partial charge in [-0.2, -0.15) is 5.10 Å². The molecular formula is C20H16N2O5. The van der Waals surface area contributed by atoms with Gasteiger partial charge < -0.3 is 19.0 Å². The Morgan fingerprint density at radius 3 is 2.63 bits per heavy atom. The smallest absolute Gasteiger partial charge is 0.371 e. The Labute approximate surface area is 154 Å². The molecule has 7 nitrogen and oxygen atoms in total. The van der Waals surface area contributed by atoms with Crippen molar-refractivity contribution in [2.24, 2.45) is 11.0 Å². The zero-order chi connectivity index (χ0) is 18.4. The third-order valence-corrected chi connectivity index (χ3v) is 4.85. The van der Waals surface area contributed by atoms with Crippen molar-refractivity contribution in [1.82, 2.24) is 5.01 Å². The van der Waals surface area contributed by atoms with Gasteiger partial charge in [0.05, 0.1) is 18.5 Å². The molecule has 2 aliphatic heterocycles. The highest BCUT2D eigenvalue weighted by Gasteiger charge is 2.42. The van der Waals surface area contributed by atoms with Crippen molar-refractivity contribution in [2.75, 3.05) is 6.79 Å². The summed E-state index contributed by atoms with van der Waals surface area (Å²) in [5.41, 5.74) is 1.81. The fourth-order valence-electron chi connectivity index (χ4n) is 3.58. The van der Waals surface area contributed by atoms with Crippen LogP contribution in [-0.4, -0.2) is 34.6 Å². The first-order valence-corrected chi connectivity index (χ1v) is 8.61. The Morgan fingerprint density at radius 1 is 1.11 bits per heavy atom. The summed E-state index contributed by atoms with van der Waals surface area (Å²) in [6.07, 6.45) is 3.98. The van der Waals surface area contributed by atoms with E-state index in [2.05, 4.69) is 0 Å². The Hall–Kier alpha value is -3.48. The predicted octanol–water partition coefficient (Wildman–Crippen LogP) is 2.97. The second kappa shape index (κ2) is 6.05. The van der Waals surface area contributed by atoms with Gasteiger partial charge >= 0.3 is 5.97 Å².